The topological polar surface area (TPSA) is 68.3 Å². The number of nitrogen functional groups attached to an aromatic ring is 1. The molecule has 3 aromatic rings. The van der Waals surface area contributed by atoms with Crippen LogP contribution in [0.25, 0.3) is 16.9 Å². The SMILES string of the molecule is CN1CCN(Cc2c(-c3ccc4c(c3)OCCO4)nc3ccc(N)cn23)CC1. The van der Waals surface area contributed by atoms with Crippen LogP contribution in [0.1, 0.15) is 5.69 Å². The lowest BCUT2D eigenvalue weighted by Gasteiger charge is -2.32. The van der Waals surface area contributed by atoms with E-state index >= 15 is 0 Å². The molecule has 0 spiro atoms. The molecule has 1 saturated heterocycles. The standard InChI is InChI=1S/C21H25N5O2/c1-24-6-8-25(9-7-24)14-17-21(23-20-5-3-16(22)13-26(17)20)15-2-4-18-19(12-15)28-11-10-27-18/h2-5,12-13H,6-11,14,22H2,1H3. The van der Waals surface area contributed by atoms with E-state index in [1.165, 1.54) is 0 Å². The van der Waals surface area contributed by atoms with Crippen LogP contribution in [0.3, 0.4) is 0 Å². The van der Waals surface area contributed by atoms with Gasteiger partial charge in [0.1, 0.15) is 18.9 Å². The van der Waals surface area contributed by atoms with Crippen molar-refractivity contribution in [1.29, 1.82) is 0 Å². The van der Waals surface area contributed by atoms with Crippen molar-refractivity contribution < 1.29 is 9.47 Å². The fraction of sp³-hybridized carbons (Fsp3) is 0.381. The minimum atomic E-state index is 0.576. The van der Waals surface area contributed by atoms with E-state index in [4.69, 9.17) is 20.2 Å². The summed E-state index contributed by atoms with van der Waals surface area (Å²) in [4.78, 5) is 9.77. The lowest BCUT2D eigenvalue weighted by Crippen LogP contribution is -2.44. The summed E-state index contributed by atoms with van der Waals surface area (Å²) in [6, 6.07) is 9.95. The molecule has 4 heterocycles. The molecule has 0 atom stereocenters. The van der Waals surface area contributed by atoms with E-state index in [0.717, 1.165) is 72.5 Å². The zero-order valence-electron chi connectivity index (χ0n) is 16.1. The fourth-order valence-corrected chi connectivity index (χ4v) is 3.90. The molecular weight excluding hydrogens is 354 g/mol. The summed E-state index contributed by atoms with van der Waals surface area (Å²) in [7, 11) is 2.17. The third kappa shape index (κ3) is 3.16. The average Bonchev–Trinajstić information content (AvgIpc) is 3.07. The second-order valence-corrected chi connectivity index (χ2v) is 7.54. The number of pyridine rings is 1. The van der Waals surface area contributed by atoms with Gasteiger partial charge in [-0.05, 0) is 37.4 Å². The van der Waals surface area contributed by atoms with Crippen molar-refractivity contribution in [2.24, 2.45) is 0 Å². The Balaban J connectivity index is 1.58. The monoisotopic (exact) mass is 379 g/mol. The van der Waals surface area contributed by atoms with Gasteiger partial charge in [-0.25, -0.2) is 4.98 Å². The summed E-state index contributed by atoms with van der Waals surface area (Å²) in [5, 5.41) is 0. The van der Waals surface area contributed by atoms with E-state index in [9.17, 15) is 0 Å². The van der Waals surface area contributed by atoms with Crippen molar-refractivity contribution in [3.05, 3.63) is 42.2 Å². The maximum Gasteiger partial charge on any atom is 0.162 e. The highest BCUT2D eigenvalue weighted by Crippen LogP contribution is 2.36. The number of nitrogens with zero attached hydrogens (tertiary/aromatic N) is 4. The number of anilines is 1. The first kappa shape index (κ1) is 17.3. The molecule has 2 aliphatic rings. The Hall–Kier alpha value is -2.77. The Labute approximate surface area is 164 Å². The van der Waals surface area contributed by atoms with Crippen LogP contribution in [0.4, 0.5) is 5.69 Å². The lowest BCUT2D eigenvalue weighted by molar-refractivity contribution is 0.147. The molecule has 0 bridgehead atoms. The van der Waals surface area contributed by atoms with Gasteiger partial charge in [0.25, 0.3) is 0 Å². The highest BCUT2D eigenvalue weighted by atomic mass is 16.6. The molecule has 2 N–H and O–H groups in total. The predicted molar refractivity (Wildman–Crippen MR) is 109 cm³/mol. The van der Waals surface area contributed by atoms with Crippen molar-refractivity contribution in [3.8, 4) is 22.8 Å². The molecule has 146 valence electrons. The highest BCUT2D eigenvalue weighted by Gasteiger charge is 2.21. The number of rotatable bonds is 3. The number of imidazole rings is 1. The van der Waals surface area contributed by atoms with Crippen LogP contribution in [0.2, 0.25) is 0 Å². The number of hydrogen-bond acceptors (Lipinski definition) is 6. The second kappa shape index (κ2) is 7.00. The van der Waals surface area contributed by atoms with E-state index in [0.29, 0.717) is 13.2 Å². The van der Waals surface area contributed by atoms with Crippen molar-refractivity contribution in [1.82, 2.24) is 19.2 Å². The van der Waals surface area contributed by atoms with Crippen molar-refractivity contribution in [2.75, 3.05) is 52.2 Å². The summed E-state index contributed by atoms with van der Waals surface area (Å²) in [5.41, 5.74) is 10.9. The molecule has 0 aliphatic carbocycles. The van der Waals surface area contributed by atoms with Gasteiger partial charge in [0.2, 0.25) is 0 Å². The Morgan fingerprint density at radius 3 is 2.61 bits per heavy atom. The van der Waals surface area contributed by atoms with E-state index in [-0.39, 0.29) is 0 Å². The molecule has 2 aliphatic heterocycles. The zero-order chi connectivity index (χ0) is 19.1. The number of aromatic nitrogens is 2. The first-order valence-electron chi connectivity index (χ1n) is 9.75. The zero-order valence-corrected chi connectivity index (χ0v) is 16.1. The van der Waals surface area contributed by atoms with Gasteiger partial charge in [-0.1, -0.05) is 0 Å². The van der Waals surface area contributed by atoms with Gasteiger partial charge >= 0.3 is 0 Å². The average molecular weight is 379 g/mol. The van der Waals surface area contributed by atoms with Gasteiger partial charge in [-0.3, -0.25) is 4.90 Å². The van der Waals surface area contributed by atoms with Crippen molar-refractivity contribution >= 4 is 11.3 Å². The fourth-order valence-electron chi connectivity index (χ4n) is 3.90. The van der Waals surface area contributed by atoms with Crippen LogP contribution in [0.5, 0.6) is 11.5 Å². The van der Waals surface area contributed by atoms with Gasteiger partial charge in [-0.15, -0.1) is 0 Å². The van der Waals surface area contributed by atoms with E-state index in [1.54, 1.807) is 0 Å². The molecule has 7 heteroatoms. The number of fused-ring (bicyclic) bond motifs is 2. The summed E-state index contributed by atoms with van der Waals surface area (Å²) >= 11 is 0. The van der Waals surface area contributed by atoms with Gasteiger partial charge in [0.05, 0.1) is 11.4 Å². The molecule has 5 rings (SSSR count). The first-order valence-corrected chi connectivity index (χ1v) is 9.75. The largest absolute Gasteiger partial charge is 0.486 e. The number of nitrogens with two attached hydrogens (primary N) is 1. The molecule has 0 radical (unpaired) electrons. The van der Waals surface area contributed by atoms with Crippen LogP contribution in [0, 0.1) is 0 Å². The highest BCUT2D eigenvalue weighted by molar-refractivity contribution is 5.70. The molecule has 2 aromatic heterocycles. The quantitative estimate of drug-likeness (QED) is 0.752. The summed E-state index contributed by atoms with van der Waals surface area (Å²) < 4.78 is 13.6. The van der Waals surface area contributed by atoms with Crippen molar-refractivity contribution in [3.63, 3.8) is 0 Å². The molecule has 1 aromatic carbocycles. The molecule has 1 fully saturated rings. The van der Waals surface area contributed by atoms with Gasteiger partial charge in [0.15, 0.2) is 11.5 Å². The Morgan fingerprint density at radius 1 is 1.00 bits per heavy atom. The maximum absolute atomic E-state index is 6.08. The number of likely N-dealkylation sites (N-methyl/N-ethyl adjacent to an activating group) is 1. The van der Waals surface area contributed by atoms with Crippen LogP contribution >= 0.6 is 0 Å². The number of hydrogen-bond donors (Lipinski definition) is 1. The summed E-state index contributed by atoms with van der Waals surface area (Å²) in [6.45, 7) is 6.26. The minimum Gasteiger partial charge on any atom is -0.486 e. The van der Waals surface area contributed by atoms with E-state index < -0.39 is 0 Å². The Morgan fingerprint density at radius 2 is 1.79 bits per heavy atom. The smallest absolute Gasteiger partial charge is 0.162 e. The Kier molecular flexibility index (Phi) is 4.33. The van der Waals surface area contributed by atoms with Crippen LogP contribution in [0.15, 0.2) is 36.5 Å². The molecule has 7 nitrogen and oxygen atoms in total. The maximum atomic E-state index is 6.08. The number of ether oxygens (including phenoxy) is 2. The van der Waals surface area contributed by atoms with Gasteiger partial charge in [-0.2, -0.15) is 0 Å². The molecular formula is C21H25N5O2. The molecule has 0 unspecified atom stereocenters. The predicted octanol–water partition coefficient (Wildman–Crippen LogP) is 2.10. The van der Waals surface area contributed by atoms with Gasteiger partial charge in [0, 0.05) is 50.2 Å². The number of piperazine rings is 1. The minimum absolute atomic E-state index is 0.576. The van der Waals surface area contributed by atoms with Crippen LogP contribution in [-0.2, 0) is 6.54 Å². The summed E-state index contributed by atoms with van der Waals surface area (Å²) in [6.07, 6.45) is 1.97. The van der Waals surface area contributed by atoms with Crippen LogP contribution in [-0.4, -0.2) is 65.6 Å². The summed E-state index contributed by atoms with van der Waals surface area (Å²) in [5.74, 6) is 1.58. The second-order valence-electron chi connectivity index (χ2n) is 7.54. The Bertz CT molecular complexity index is 1010. The van der Waals surface area contributed by atoms with Crippen molar-refractivity contribution in [2.45, 2.75) is 6.54 Å². The van der Waals surface area contributed by atoms with Gasteiger partial charge < -0.3 is 24.5 Å². The van der Waals surface area contributed by atoms with E-state index in [1.807, 2.05) is 30.5 Å². The lowest BCUT2D eigenvalue weighted by atomic mass is 10.1. The van der Waals surface area contributed by atoms with E-state index in [2.05, 4.69) is 27.3 Å². The third-order valence-corrected chi connectivity index (χ3v) is 5.53. The number of benzene rings is 1. The van der Waals surface area contributed by atoms with Crippen LogP contribution < -0.4 is 15.2 Å². The molecule has 28 heavy (non-hydrogen) atoms. The molecule has 0 amide bonds. The third-order valence-electron chi connectivity index (χ3n) is 5.53. The first-order chi connectivity index (χ1) is 13.7. The molecule has 0 saturated carbocycles. The normalized spacial score (nSPS) is 17.9.